The molecular weight excluding hydrogens is 163 g/mol. The highest BCUT2D eigenvalue weighted by Crippen LogP contribution is 2.43. The van der Waals surface area contributed by atoms with Gasteiger partial charge in [0.25, 0.3) is 0 Å². The van der Waals surface area contributed by atoms with Gasteiger partial charge in [-0.25, -0.2) is 0 Å². The summed E-state index contributed by atoms with van der Waals surface area (Å²) < 4.78 is 0. The van der Waals surface area contributed by atoms with Gasteiger partial charge in [0.05, 0.1) is 0 Å². The van der Waals surface area contributed by atoms with E-state index in [0.717, 1.165) is 5.92 Å². The van der Waals surface area contributed by atoms with Crippen molar-refractivity contribution in [3.05, 3.63) is 0 Å². The van der Waals surface area contributed by atoms with E-state index in [2.05, 4.69) is 20.8 Å². The van der Waals surface area contributed by atoms with E-state index < -0.39 is 0 Å². The van der Waals surface area contributed by atoms with Crippen molar-refractivity contribution in [2.24, 2.45) is 5.92 Å². The molecule has 62 valence electrons. The van der Waals surface area contributed by atoms with Gasteiger partial charge in [0, 0.05) is 0 Å². The van der Waals surface area contributed by atoms with E-state index in [1.54, 1.807) is 0 Å². The second kappa shape index (κ2) is 6.43. The molecule has 0 saturated heterocycles. The molecule has 1 atom stereocenters. The Bertz CT molecular complexity index is 73.7. The molecular formula is C8H18ClP. The average molecular weight is 181 g/mol. The molecule has 0 rings (SSSR count). The van der Waals surface area contributed by atoms with Crippen molar-refractivity contribution in [2.75, 3.05) is 12.3 Å². The van der Waals surface area contributed by atoms with Crippen molar-refractivity contribution < 1.29 is 0 Å². The normalized spacial score (nSPS) is 14.1. The molecule has 0 amide bonds. The predicted molar refractivity (Wildman–Crippen MR) is 52.3 cm³/mol. The smallest absolute Gasteiger partial charge is 0.00948 e. The summed E-state index contributed by atoms with van der Waals surface area (Å²) in [7, 11) is -0.154. The maximum atomic E-state index is 6.12. The zero-order valence-corrected chi connectivity index (χ0v) is 8.88. The highest BCUT2D eigenvalue weighted by atomic mass is 35.7. The van der Waals surface area contributed by atoms with E-state index >= 15 is 0 Å². The zero-order chi connectivity index (χ0) is 7.98. The lowest BCUT2D eigenvalue weighted by atomic mass is 10.3. The Morgan fingerprint density at radius 1 is 1.40 bits per heavy atom. The topological polar surface area (TPSA) is 0 Å². The van der Waals surface area contributed by atoms with Gasteiger partial charge in [0.15, 0.2) is 0 Å². The van der Waals surface area contributed by atoms with E-state index in [0.29, 0.717) is 0 Å². The molecule has 0 nitrogen and oxygen atoms in total. The summed E-state index contributed by atoms with van der Waals surface area (Å²) in [5.74, 6) is 0.778. The minimum absolute atomic E-state index is 0.154. The van der Waals surface area contributed by atoms with E-state index in [4.69, 9.17) is 11.2 Å². The summed E-state index contributed by atoms with van der Waals surface area (Å²) in [5.41, 5.74) is 0. The van der Waals surface area contributed by atoms with Crippen LogP contribution in [0.15, 0.2) is 0 Å². The first-order chi connectivity index (χ1) is 4.66. The Balaban J connectivity index is 3.16. The van der Waals surface area contributed by atoms with Gasteiger partial charge in [-0.3, -0.25) is 0 Å². The third-order valence-electron chi connectivity index (χ3n) is 1.32. The van der Waals surface area contributed by atoms with Gasteiger partial charge in [-0.15, -0.1) is 0 Å². The van der Waals surface area contributed by atoms with Crippen LogP contribution in [0.1, 0.15) is 33.6 Å². The quantitative estimate of drug-likeness (QED) is 0.560. The Labute approximate surface area is 70.9 Å². The molecule has 0 bridgehead atoms. The van der Waals surface area contributed by atoms with Gasteiger partial charge in [-0.2, -0.15) is 0 Å². The summed E-state index contributed by atoms with van der Waals surface area (Å²) in [6, 6.07) is 0. The lowest BCUT2D eigenvalue weighted by Crippen LogP contribution is -1.93. The van der Waals surface area contributed by atoms with Crippen LogP contribution in [0, 0.1) is 5.92 Å². The molecule has 2 heteroatoms. The van der Waals surface area contributed by atoms with E-state index in [1.165, 1.54) is 25.2 Å². The van der Waals surface area contributed by atoms with Crippen molar-refractivity contribution in [1.82, 2.24) is 0 Å². The van der Waals surface area contributed by atoms with Crippen LogP contribution >= 0.6 is 18.5 Å². The minimum atomic E-state index is -0.154. The molecule has 0 radical (unpaired) electrons. The van der Waals surface area contributed by atoms with Crippen LogP contribution in [0.5, 0.6) is 0 Å². The summed E-state index contributed by atoms with van der Waals surface area (Å²) in [6.07, 6.45) is 5.08. The molecule has 0 fully saturated rings. The summed E-state index contributed by atoms with van der Waals surface area (Å²) >= 11 is 6.12. The molecule has 0 spiro atoms. The van der Waals surface area contributed by atoms with Crippen molar-refractivity contribution >= 4 is 18.5 Å². The van der Waals surface area contributed by atoms with Crippen molar-refractivity contribution in [1.29, 1.82) is 0 Å². The molecule has 0 heterocycles. The molecule has 0 aliphatic rings. The first-order valence-electron chi connectivity index (χ1n) is 4.07. The van der Waals surface area contributed by atoms with Crippen LogP contribution in [0.3, 0.4) is 0 Å². The predicted octanol–water partition coefficient (Wildman–Crippen LogP) is 4.08. The van der Waals surface area contributed by atoms with Crippen LogP contribution in [0.25, 0.3) is 0 Å². The number of halogens is 1. The van der Waals surface area contributed by atoms with Crippen LogP contribution in [-0.4, -0.2) is 12.3 Å². The number of hydrogen-bond acceptors (Lipinski definition) is 0. The van der Waals surface area contributed by atoms with Gasteiger partial charge in [0.1, 0.15) is 0 Å². The maximum absolute atomic E-state index is 6.12. The molecule has 0 saturated carbocycles. The van der Waals surface area contributed by atoms with Crippen molar-refractivity contribution in [3.8, 4) is 0 Å². The van der Waals surface area contributed by atoms with E-state index in [9.17, 15) is 0 Å². The standard InChI is InChI=1S/C8H18ClP/c1-4-5-6-10(9)7-8(2)3/h8H,4-7H2,1-3H3. The van der Waals surface area contributed by atoms with Crippen LogP contribution < -0.4 is 0 Å². The van der Waals surface area contributed by atoms with Crippen LogP contribution in [0.2, 0.25) is 0 Å². The van der Waals surface area contributed by atoms with Gasteiger partial charge in [0.2, 0.25) is 0 Å². The second-order valence-corrected chi connectivity index (χ2v) is 6.29. The Kier molecular flexibility index (Phi) is 6.89. The fraction of sp³-hybridized carbons (Fsp3) is 1.00. The molecule has 0 aromatic heterocycles. The van der Waals surface area contributed by atoms with Gasteiger partial charge >= 0.3 is 0 Å². The van der Waals surface area contributed by atoms with Crippen molar-refractivity contribution in [2.45, 2.75) is 33.6 Å². The fourth-order valence-electron chi connectivity index (χ4n) is 0.817. The van der Waals surface area contributed by atoms with Gasteiger partial charge in [-0.1, -0.05) is 38.4 Å². The summed E-state index contributed by atoms with van der Waals surface area (Å²) in [6.45, 7) is 6.70. The van der Waals surface area contributed by atoms with Gasteiger partial charge < -0.3 is 0 Å². The third-order valence-corrected chi connectivity index (χ3v) is 4.17. The molecule has 0 aromatic carbocycles. The van der Waals surface area contributed by atoms with Gasteiger partial charge in [-0.05, 0) is 31.9 Å². The first kappa shape index (κ1) is 10.7. The lowest BCUT2D eigenvalue weighted by molar-refractivity contribution is 0.744. The largest absolute Gasteiger partial charge is 0.0964 e. The van der Waals surface area contributed by atoms with Crippen molar-refractivity contribution in [3.63, 3.8) is 0 Å². The Morgan fingerprint density at radius 2 is 2.00 bits per heavy atom. The number of unbranched alkanes of at least 4 members (excludes halogenated alkanes) is 1. The first-order valence-corrected chi connectivity index (χ1v) is 6.69. The molecule has 0 aliphatic heterocycles. The zero-order valence-electron chi connectivity index (χ0n) is 7.23. The highest BCUT2D eigenvalue weighted by molar-refractivity contribution is 7.83. The van der Waals surface area contributed by atoms with E-state index in [-0.39, 0.29) is 7.27 Å². The van der Waals surface area contributed by atoms with E-state index in [1.807, 2.05) is 0 Å². The molecule has 0 aromatic rings. The monoisotopic (exact) mass is 180 g/mol. The molecule has 0 N–H and O–H groups in total. The fourth-order valence-corrected chi connectivity index (χ4v) is 3.64. The third kappa shape index (κ3) is 6.83. The highest BCUT2D eigenvalue weighted by Gasteiger charge is 2.04. The maximum Gasteiger partial charge on any atom is -0.00948 e. The summed E-state index contributed by atoms with van der Waals surface area (Å²) in [5, 5.41) is 0. The number of rotatable bonds is 5. The lowest BCUT2D eigenvalue weighted by Gasteiger charge is -2.10. The molecule has 0 aliphatic carbocycles. The minimum Gasteiger partial charge on any atom is -0.0964 e. The SMILES string of the molecule is CCCCP(Cl)CC(C)C. The molecule has 1 unspecified atom stereocenters. The number of hydrogen-bond donors (Lipinski definition) is 0. The summed E-state index contributed by atoms with van der Waals surface area (Å²) in [4.78, 5) is 0. The van der Waals surface area contributed by atoms with Crippen LogP contribution in [-0.2, 0) is 0 Å². The second-order valence-electron chi connectivity index (χ2n) is 3.12. The average Bonchev–Trinajstić information content (AvgIpc) is 1.82. The van der Waals surface area contributed by atoms with Crippen LogP contribution in [0.4, 0.5) is 0 Å². The molecule has 10 heavy (non-hydrogen) atoms. The Morgan fingerprint density at radius 3 is 2.40 bits per heavy atom. The Hall–Kier alpha value is 0.720.